The molecule has 1 atom stereocenters. The number of anilines is 1. The lowest BCUT2D eigenvalue weighted by molar-refractivity contribution is -0.127. The first-order valence-corrected chi connectivity index (χ1v) is 11.4. The Balaban J connectivity index is 1.55. The van der Waals surface area contributed by atoms with Crippen LogP contribution in [0.1, 0.15) is 12.8 Å². The summed E-state index contributed by atoms with van der Waals surface area (Å²) in [5, 5.41) is 7.04. The lowest BCUT2D eigenvalue weighted by Crippen LogP contribution is -2.36. The molecule has 0 fully saturated rings. The summed E-state index contributed by atoms with van der Waals surface area (Å²) < 4.78 is 35.1. The molecule has 1 heterocycles. The first-order valence-electron chi connectivity index (χ1n) is 9.21. The Bertz CT molecular complexity index is 1160. The van der Waals surface area contributed by atoms with E-state index in [-0.39, 0.29) is 18.3 Å². The van der Waals surface area contributed by atoms with Gasteiger partial charge in [0, 0.05) is 12.6 Å². The Labute approximate surface area is 185 Å². The largest absolute Gasteiger partial charge is 0.481 e. The lowest BCUT2D eigenvalue weighted by Gasteiger charge is -2.18. The van der Waals surface area contributed by atoms with Crippen molar-refractivity contribution in [3.63, 3.8) is 0 Å². The third-order valence-corrected chi connectivity index (χ3v) is 5.91. The predicted octanol–water partition coefficient (Wildman–Crippen LogP) is 2.87. The molecule has 1 amide bonds. The van der Waals surface area contributed by atoms with Gasteiger partial charge in [-0.3, -0.25) is 9.10 Å². The molecule has 164 valence electrons. The fraction of sp³-hybridized carbons (Fsp3) is 0.250. The molecule has 0 aliphatic rings. The maximum absolute atomic E-state index is 12.3. The number of carbonyl (C=O) groups is 1. The van der Waals surface area contributed by atoms with E-state index in [2.05, 4.69) is 15.5 Å². The number of nitrogens with zero attached hydrogens (tertiary/aromatic N) is 3. The molecule has 1 aromatic heterocycles. The zero-order valence-corrected chi connectivity index (χ0v) is 18.6. The van der Waals surface area contributed by atoms with Crippen molar-refractivity contribution in [1.82, 2.24) is 15.5 Å². The number of carbonyl (C=O) groups excluding carboxylic acids is 1. The van der Waals surface area contributed by atoms with Crippen LogP contribution in [0, 0.1) is 0 Å². The molecule has 9 nitrogen and oxygen atoms in total. The summed E-state index contributed by atoms with van der Waals surface area (Å²) in [4.78, 5) is 16.6. The summed E-state index contributed by atoms with van der Waals surface area (Å²) in [6.45, 7) is 1.62. The van der Waals surface area contributed by atoms with E-state index in [0.29, 0.717) is 27.8 Å². The van der Waals surface area contributed by atoms with E-state index in [1.54, 1.807) is 49.4 Å². The van der Waals surface area contributed by atoms with Crippen molar-refractivity contribution < 1.29 is 22.5 Å². The van der Waals surface area contributed by atoms with Crippen molar-refractivity contribution >= 4 is 33.2 Å². The van der Waals surface area contributed by atoms with Crippen LogP contribution in [-0.4, -0.2) is 43.9 Å². The van der Waals surface area contributed by atoms with E-state index in [1.807, 2.05) is 6.07 Å². The number of hydrogen-bond donors (Lipinski definition) is 1. The number of ether oxygens (including phenoxy) is 1. The number of halogens is 1. The van der Waals surface area contributed by atoms with Gasteiger partial charge in [-0.1, -0.05) is 28.9 Å². The molecule has 0 bridgehead atoms. The molecule has 0 aliphatic carbocycles. The average molecular weight is 465 g/mol. The summed E-state index contributed by atoms with van der Waals surface area (Å²) in [5.41, 5.74) is 1.12. The van der Waals surface area contributed by atoms with Crippen LogP contribution >= 0.6 is 11.6 Å². The summed E-state index contributed by atoms with van der Waals surface area (Å²) >= 11 is 6.12. The topological polar surface area (TPSA) is 115 Å². The monoisotopic (exact) mass is 464 g/mol. The predicted molar refractivity (Wildman–Crippen MR) is 116 cm³/mol. The standard InChI is InChI=1S/C20H21ClN4O5S/c1-13(29-15-10-8-14(9-11-15)25(2)31(3,27)28)20(26)22-12-18-23-19(24-30-18)16-6-4-5-7-17(16)21/h4-11,13H,12H2,1-3H3,(H,22,26)/t13-/m0/s1. The van der Waals surface area contributed by atoms with Gasteiger partial charge in [-0.05, 0) is 43.3 Å². The number of amides is 1. The third kappa shape index (κ3) is 5.74. The maximum Gasteiger partial charge on any atom is 0.261 e. The molecule has 0 saturated carbocycles. The fourth-order valence-corrected chi connectivity index (χ4v) is 3.29. The van der Waals surface area contributed by atoms with Crippen molar-refractivity contribution in [2.24, 2.45) is 0 Å². The Morgan fingerprint density at radius 2 is 1.90 bits per heavy atom. The molecule has 3 rings (SSSR count). The normalized spacial score (nSPS) is 12.3. The van der Waals surface area contributed by atoms with Crippen molar-refractivity contribution in [3.05, 3.63) is 59.4 Å². The zero-order chi connectivity index (χ0) is 22.6. The highest BCUT2D eigenvalue weighted by atomic mass is 35.5. The van der Waals surface area contributed by atoms with Crippen molar-refractivity contribution in [2.75, 3.05) is 17.6 Å². The molecule has 0 unspecified atom stereocenters. The molecule has 0 saturated heterocycles. The molecule has 3 aromatic rings. The molecule has 11 heteroatoms. The van der Waals surface area contributed by atoms with Gasteiger partial charge in [-0.25, -0.2) is 8.42 Å². The molecule has 0 radical (unpaired) electrons. The molecular weight excluding hydrogens is 444 g/mol. The SMILES string of the molecule is C[C@H](Oc1ccc(N(C)S(C)(=O)=O)cc1)C(=O)NCc1nc(-c2ccccc2Cl)no1. The minimum absolute atomic E-state index is 0.0298. The Morgan fingerprint density at radius 3 is 2.55 bits per heavy atom. The third-order valence-electron chi connectivity index (χ3n) is 4.38. The quantitative estimate of drug-likeness (QED) is 0.545. The second-order valence-electron chi connectivity index (χ2n) is 6.69. The number of sulfonamides is 1. The van der Waals surface area contributed by atoms with Crippen LogP contribution in [0.5, 0.6) is 5.75 Å². The first-order chi connectivity index (χ1) is 14.6. The molecule has 2 aromatic carbocycles. The van der Waals surface area contributed by atoms with Gasteiger partial charge in [0.1, 0.15) is 5.75 Å². The van der Waals surface area contributed by atoms with Crippen molar-refractivity contribution in [2.45, 2.75) is 19.6 Å². The minimum Gasteiger partial charge on any atom is -0.481 e. The number of benzene rings is 2. The van der Waals surface area contributed by atoms with Gasteiger partial charge >= 0.3 is 0 Å². The zero-order valence-electron chi connectivity index (χ0n) is 17.1. The van der Waals surface area contributed by atoms with Crippen LogP contribution in [0.25, 0.3) is 11.4 Å². The lowest BCUT2D eigenvalue weighted by atomic mass is 10.2. The molecular formula is C20H21ClN4O5S. The number of rotatable bonds is 8. The van der Waals surface area contributed by atoms with Gasteiger partial charge in [-0.2, -0.15) is 4.98 Å². The highest BCUT2D eigenvalue weighted by Gasteiger charge is 2.18. The molecule has 31 heavy (non-hydrogen) atoms. The van der Waals surface area contributed by atoms with Gasteiger partial charge in [0.15, 0.2) is 6.10 Å². The summed E-state index contributed by atoms with van der Waals surface area (Å²) in [6, 6.07) is 13.5. The molecule has 0 spiro atoms. The second kappa shape index (κ2) is 9.36. The molecule has 1 N–H and O–H groups in total. The van der Waals surface area contributed by atoms with E-state index in [0.717, 1.165) is 10.6 Å². The highest BCUT2D eigenvalue weighted by Crippen LogP contribution is 2.25. The summed E-state index contributed by atoms with van der Waals surface area (Å²) in [7, 11) is -1.90. The van der Waals surface area contributed by atoms with E-state index < -0.39 is 16.1 Å². The highest BCUT2D eigenvalue weighted by molar-refractivity contribution is 7.92. The number of nitrogens with one attached hydrogen (secondary N) is 1. The van der Waals surface area contributed by atoms with Crippen LogP contribution in [0.15, 0.2) is 53.1 Å². The van der Waals surface area contributed by atoms with Crippen molar-refractivity contribution in [1.29, 1.82) is 0 Å². The van der Waals surface area contributed by atoms with Gasteiger partial charge in [0.25, 0.3) is 5.91 Å². The van der Waals surface area contributed by atoms with Crippen LogP contribution < -0.4 is 14.4 Å². The fourth-order valence-electron chi connectivity index (χ4n) is 2.57. The Kier molecular flexibility index (Phi) is 6.81. The van der Waals surface area contributed by atoms with Crippen LogP contribution in [-0.2, 0) is 21.4 Å². The number of aromatic nitrogens is 2. The number of hydrogen-bond acceptors (Lipinski definition) is 7. The van der Waals surface area contributed by atoms with Crippen molar-refractivity contribution in [3.8, 4) is 17.1 Å². The van der Waals surface area contributed by atoms with Crippen LogP contribution in [0.4, 0.5) is 5.69 Å². The second-order valence-corrected chi connectivity index (χ2v) is 9.11. The summed E-state index contributed by atoms with van der Waals surface area (Å²) in [6.07, 6.45) is 0.314. The van der Waals surface area contributed by atoms with E-state index in [1.165, 1.54) is 7.05 Å². The Morgan fingerprint density at radius 1 is 1.23 bits per heavy atom. The van der Waals surface area contributed by atoms with Gasteiger partial charge in [-0.15, -0.1) is 0 Å². The minimum atomic E-state index is -3.36. The van der Waals surface area contributed by atoms with Gasteiger partial charge in [0.05, 0.1) is 23.5 Å². The Hall–Kier alpha value is -3.11. The average Bonchev–Trinajstić information content (AvgIpc) is 3.20. The first kappa shape index (κ1) is 22.6. The van der Waals surface area contributed by atoms with Crippen LogP contribution in [0.3, 0.4) is 0 Å². The van der Waals surface area contributed by atoms with E-state index in [4.69, 9.17) is 20.9 Å². The molecule has 0 aliphatic heterocycles. The van der Waals surface area contributed by atoms with Gasteiger partial charge < -0.3 is 14.6 Å². The summed E-state index contributed by atoms with van der Waals surface area (Å²) in [5.74, 6) is 0.601. The smallest absolute Gasteiger partial charge is 0.261 e. The van der Waals surface area contributed by atoms with E-state index >= 15 is 0 Å². The van der Waals surface area contributed by atoms with Crippen LogP contribution in [0.2, 0.25) is 5.02 Å². The van der Waals surface area contributed by atoms with Gasteiger partial charge in [0.2, 0.25) is 21.7 Å². The maximum atomic E-state index is 12.3. The van der Waals surface area contributed by atoms with E-state index in [9.17, 15) is 13.2 Å².